The molecule has 1 amide bonds. The van der Waals surface area contributed by atoms with Crippen LogP contribution in [-0.2, 0) is 4.79 Å². The molecule has 0 bridgehead atoms. The largest absolute Gasteiger partial charge is 0.352 e. The van der Waals surface area contributed by atoms with Gasteiger partial charge in [0.1, 0.15) is 11.6 Å². The molecule has 182 valence electrons. The fraction of sp³-hybridized carbons (Fsp3) is 0.185. The molecule has 1 fully saturated rings. The maximum atomic E-state index is 14.0. The van der Waals surface area contributed by atoms with E-state index in [1.54, 1.807) is 18.3 Å². The quantitative estimate of drug-likeness (QED) is 0.358. The van der Waals surface area contributed by atoms with Crippen LogP contribution in [0.4, 0.5) is 10.1 Å². The zero-order valence-electron chi connectivity index (χ0n) is 19.6. The predicted octanol–water partition coefficient (Wildman–Crippen LogP) is 4.72. The number of hydrogen-bond acceptors (Lipinski definition) is 4. The van der Waals surface area contributed by atoms with Crippen LogP contribution in [0.25, 0.3) is 5.82 Å². The highest BCUT2D eigenvalue weighted by atomic mass is 32.1. The molecule has 36 heavy (non-hydrogen) atoms. The van der Waals surface area contributed by atoms with E-state index in [1.807, 2.05) is 71.2 Å². The number of anilines is 1. The van der Waals surface area contributed by atoms with Gasteiger partial charge in [-0.1, -0.05) is 24.3 Å². The smallest absolute Gasteiger partial charge is 0.226 e. The summed E-state index contributed by atoms with van der Waals surface area (Å²) in [6.07, 6.45) is 5.68. The number of pyridine rings is 2. The molecule has 2 atom stereocenters. The molecule has 0 unspecified atom stereocenters. The SMILES string of the molecule is Cc1ccc(-n2cccc2[C@H]2[C@H](c3ccccn3)NC(=S)N2CCC(=O)Nc2ccccc2F)nc1. The number of para-hydroxylation sites is 1. The molecule has 4 aromatic rings. The Hall–Kier alpha value is -4.11. The second-order valence-corrected chi connectivity index (χ2v) is 8.98. The average molecular weight is 501 g/mol. The Labute approximate surface area is 214 Å². The van der Waals surface area contributed by atoms with Crippen LogP contribution in [0.3, 0.4) is 0 Å². The normalized spacial score (nSPS) is 17.2. The summed E-state index contributed by atoms with van der Waals surface area (Å²) in [5.41, 5.74) is 3.04. The number of halogens is 1. The van der Waals surface area contributed by atoms with Crippen LogP contribution in [-0.4, -0.2) is 37.0 Å². The summed E-state index contributed by atoms with van der Waals surface area (Å²) in [6.45, 7) is 2.34. The first-order valence-electron chi connectivity index (χ1n) is 11.6. The van der Waals surface area contributed by atoms with Crippen molar-refractivity contribution < 1.29 is 9.18 Å². The molecule has 1 aromatic carbocycles. The lowest BCUT2D eigenvalue weighted by atomic mass is 10.0. The van der Waals surface area contributed by atoms with Crippen LogP contribution in [0.5, 0.6) is 0 Å². The zero-order chi connectivity index (χ0) is 25.1. The van der Waals surface area contributed by atoms with Crippen molar-refractivity contribution in [1.29, 1.82) is 0 Å². The number of thiocarbonyl (C=S) groups is 1. The van der Waals surface area contributed by atoms with Gasteiger partial charge in [-0.3, -0.25) is 9.78 Å². The van der Waals surface area contributed by atoms with Crippen LogP contribution in [0.15, 0.2) is 85.3 Å². The molecule has 0 saturated carbocycles. The van der Waals surface area contributed by atoms with Crippen molar-refractivity contribution in [2.45, 2.75) is 25.4 Å². The summed E-state index contributed by atoms with van der Waals surface area (Å²) in [7, 11) is 0. The minimum absolute atomic E-state index is 0.130. The number of carbonyl (C=O) groups excluding carboxylic acids is 1. The van der Waals surface area contributed by atoms with E-state index in [-0.39, 0.29) is 30.1 Å². The third-order valence-corrected chi connectivity index (χ3v) is 6.50. The molecule has 5 rings (SSSR count). The molecular weight excluding hydrogens is 475 g/mol. The van der Waals surface area contributed by atoms with Gasteiger partial charge in [0.25, 0.3) is 0 Å². The number of benzene rings is 1. The van der Waals surface area contributed by atoms with E-state index in [0.717, 1.165) is 22.8 Å². The second kappa shape index (κ2) is 10.2. The van der Waals surface area contributed by atoms with Crippen LogP contribution in [0, 0.1) is 12.7 Å². The van der Waals surface area contributed by atoms with E-state index >= 15 is 0 Å². The van der Waals surface area contributed by atoms with Gasteiger partial charge in [-0.15, -0.1) is 0 Å². The van der Waals surface area contributed by atoms with Crippen molar-refractivity contribution in [2.24, 2.45) is 0 Å². The van der Waals surface area contributed by atoms with Gasteiger partial charge in [0, 0.05) is 37.3 Å². The Morgan fingerprint density at radius 3 is 2.67 bits per heavy atom. The zero-order valence-corrected chi connectivity index (χ0v) is 20.5. The third-order valence-electron chi connectivity index (χ3n) is 6.15. The first-order chi connectivity index (χ1) is 17.5. The van der Waals surface area contributed by atoms with Crippen molar-refractivity contribution in [2.75, 3.05) is 11.9 Å². The summed E-state index contributed by atoms with van der Waals surface area (Å²) in [5, 5.41) is 6.58. The van der Waals surface area contributed by atoms with E-state index in [4.69, 9.17) is 12.2 Å². The van der Waals surface area contributed by atoms with Gasteiger partial charge in [0.15, 0.2) is 5.11 Å². The summed E-state index contributed by atoms with van der Waals surface area (Å²) in [6, 6.07) is 19.4. The Kier molecular flexibility index (Phi) is 6.73. The van der Waals surface area contributed by atoms with E-state index < -0.39 is 5.82 Å². The van der Waals surface area contributed by atoms with Crippen molar-refractivity contribution in [3.63, 3.8) is 0 Å². The van der Waals surface area contributed by atoms with Gasteiger partial charge in [0.05, 0.1) is 23.5 Å². The lowest BCUT2D eigenvalue weighted by Crippen LogP contribution is -2.33. The van der Waals surface area contributed by atoms with Crippen LogP contribution >= 0.6 is 12.2 Å². The molecular formula is C27H25FN6OS. The Bertz CT molecular complexity index is 1370. The lowest BCUT2D eigenvalue weighted by Gasteiger charge is -2.28. The van der Waals surface area contributed by atoms with Crippen LogP contribution in [0.1, 0.15) is 35.5 Å². The highest BCUT2D eigenvalue weighted by molar-refractivity contribution is 7.80. The topological polar surface area (TPSA) is 75.1 Å². The molecule has 7 nitrogen and oxygen atoms in total. The second-order valence-electron chi connectivity index (χ2n) is 8.59. The minimum Gasteiger partial charge on any atom is -0.352 e. The molecule has 2 N–H and O–H groups in total. The number of nitrogens with zero attached hydrogens (tertiary/aromatic N) is 4. The molecule has 0 radical (unpaired) electrons. The highest BCUT2D eigenvalue weighted by Crippen LogP contribution is 2.39. The van der Waals surface area contributed by atoms with Crippen molar-refractivity contribution >= 4 is 28.9 Å². The number of hydrogen-bond donors (Lipinski definition) is 2. The predicted molar refractivity (Wildman–Crippen MR) is 140 cm³/mol. The van der Waals surface area contributed by atoms with Crippen molar-refractivity contribution in [1.82, 2.24) is 24.8 Å². The van der Waals surface area contributed by atoms with Gasteiger partial charge in [-0.2, -0.15) is 0 Å². The monoisotopic (exact) mass is 500 g/mol. The molecule has 0 aliphatic carbocycles. The number of aromatic nitrogens is 3. The first kappa shape index (κ1) is 23.6. The van der Waals surface area contributed by atoms with E-state index in [0.29, 0.717) is 11.7 Å². The molecule has 9 heteroatoms. The average Bonchev–Trinajstić information content (AvgIpc) is 3.49. The summed E-state index contributed by atoms with van der Waals surface area (Å²) in [4.78, 5) is 23.9. The fourth-order valence-electron chi connectivity index (χ4n) is 4.41. The van der Waals surface area contributed by atoms with Gasteiger partial charge >= 0.3 is 0 Å². The number of amides is 1. The lowest BCUT2D eigenvalue weighted by molar-refractivity contribution is -0.116. The fourth-order valence-corrected chi connectivity index (χ4v) is 4.74. The van der Waals surface area contributed by atoms with Crippen molar-refractivity contribution in [3.05, 3.63) is 108 Å². The van der Waals surface area contributed by atoms with Gasteiger partial charge in [0.2, 0.25) is 5.91 Å². The summed E-state index contributed by atoms with van der Waals surface area (Å²) in [5.74, 6) is 0.0229. The number of rotatable bonds is 7. The molecule has 1 saturated heterocycles. The van der Waals surface area contributed by atoms with Gasteiger partial charge in [-0.05, 0) is 67.2 Å². The third kappa shape index (κ3) is 4.83. The van der Waals surface area contributed by atoms with Crippen LogP contribution in [0.2, 0.25) is 0 Å². The number of carbonyl (C=O) groups is 1. The Balaban J connectivity index is 1.44. The highest BCUT2D eigenvalue weighted by Gasteiger charge is 2.41. The summed E-state index contributed by atoms with van der Waals surface area (Å²) < 4.78 is 16.0. The maximum absolute atomic E-state index is 14.0. The van der Waals surface area contributed by atoms with Gasteiger partial charge < -0.3 is 20.1 Å². The maximum Gasteiger partial charge on any atom is 0.226 e. The van der Waals surface area contributed by atoms with E-state index in [1.165, 1.54) is 12.1 Å². The van der Waals surface area contributed by atoms with E-state index in [2.05, 4.69) is 20.6 Å². The van der Waals surface area contributed by atoms with E-state index in [9.17, 15) is 9.18 Å². The molecule has 0 spiro atoms. The minimum atomic E-state index is -0.472. The van der Waals surface area contributed by atoms with Gasteiger partial charge in [-0.25, -0.2) is 9.37 Å². The Morgan fingerprint density at radius 1 is 1.08 bits per heavy atom. The molecule has 4 heterocycles. The standard InChI is InChI=1S/C27H25FN6OS/c1-18-11-12-23(30-17-18)33-15-6-10-22(33)26-25(21-9-4-5-14-29-21)32-27(36)34(26)16-13-24(35)31-20-8-3-2-7-19(20)28/h2-12,14-15,17,25-26H,13,16H2,1H3,(H,31,35)(H,32,36)/t25-,26-/m0/s1. The Morgan fingerprint density at radius 2 is 1.92 bits per heavy atom. The number of nitrogens with one attached hydrogen (secondary N) is 2. The number of aryl methyl sites for hydroxylation is 1. The molecule has 1 aliphatic rings. The molecule has 3 aromatic heterocycles. The first-order valence-corrected chi connectivity index (χ1v) is 12.0. The molecule has 1 aliphatic heterocycles. The van der Waals surface area contributed by atoms with Crippen molar-refractivity contribution in [3.8, 4) is 5.82 Å². The summed E-state index contributed by atoms with van der Waals surface area (Å²) >= 11 is 5.72. The van der Waals surface area contributed by atoms with Crippen LogP contribution < -0.4 is 10.6 Å².